The van der Waals surface area contributed by atoms with Crippen LogP contribution in [0, 0.1) is 0 Å². The predicted octanol–water partition coefficient (Wildman–Crippen LogP) is 0.0949. The lowest BCUT2D eigenvalue weighted by Gasteiger charge is -1.66. The molecule has 0 atom stereocenters. The van der Waals surface area contributed by atoms with Crippen molar-refractivity contribution in [2.45, 2.75) is 0 Å². The summed E-state index contributed by atoms with van der Waals surface area (Å²) in [4.78, 5) is 12.6. The fraction of sp³-hybridized carbons (Fsp3) is 0.333. The highest BCUT2D eigenvalue weighted by atomic mass is 35.5. The van der Waals surface area contributed by atoms with Gasteiger partial charge in [-0.3, -0.25) is 4.79 Å². The number of hydrogen-bond donors (Lipinski definition) is 0. The number of Topliss-reactive ketones (excluding diaryl/α,β-unsaturated/α-hetero) is 1. The van der Waals surface area contributed by atoms with Gasteiger partial charge in [-0.15, -0.1) is 11.6 Å². The molecule has 0 saturated carbocycles. The van der Waals surface area contributed by atoms with Crippen LogP contribution in [0.15, 0.2) is 0 Å². The predicted molar refractivity (Wildman–Crippen MR) is 25.4 cm³/mol. The van der Waals surface area contributed by atoms with Gasteiger partial charge in [-0.2, -0.15) is 4.79 Å². The molecular weight excluding hydrogens is 115 g/mol. The van der Waals surface area contributed by atoms with E-state index in [1.165, 1.54) is 0 Å². The van der Waals surface area contributed by atoms with E-state index in [9.17, 15) is 4.79 Å². The van der Waals surface area contributed by atoms with E-state index in [-0.39, 0.29) is 0 Å². The second-order valence-corrected chi connectivity index (χ2v) is 0.892. The van der Waals surface area contributed by atoms with E-state index in [4.69, 9.17) is 19.9 Å². The number of ketones is 1. The highest BCUT2D eigenvalue weighted by Gasteiger charge is 1.95. The minimum Gasteiger partial charge on any atom is -0.361 e. The van der Waals surface area contributed by atoms with Gasteiger partial charge in [0.15, 0.2) is 0 Å². The minimum atomic E-state index is -2.47. The Morgan fingerprint density at radius 3 is 3.00 bits per heavy atom. The molecular formula is C3H3ClN2O. The summed E-state index contributed by atoms with van der Waals surface area (Å²) < 4.78 is 13.0. The summed E-state index contributed by atoms with van der Waals surface area (Å²) in [5, 5.41) is 0. The molecule has 7 heavy (non-hydrogen) atoms. The lowest BCUT2D eigenvalue weighted by Crippen LogP contribution is -1.99. The first-order valence-corrected chi connectivity index (χ1v) is 1.77. The molecule has 3 nitrogen and oxygen atoms in total. The van der Waals surface area contributed by atoms with Crippen molar-refractivity contribution in [1.82, 2.24) is 0 Å². The second-order valence-electron chi connectivity index (χ2n) is 0.703. The molecule has 0 radical (unpaired) electrons. The van der Waals surface area contributed by atoms with Crippen molar-refractivity contribution in [3.8, 4) is 0 Å². The summed E-state index contributed by atoms with van der Waals surface area (Å²) in [7, 11) is 0. The molecule has 0 aliphatic carbocycles. The molecule has 0 aromatic rings. The largest absolute Gasteiger partial charge is 0.361 e. The van der Waals surface area contributed by atoms with E-state index in [1.807, 2.05) is 0 Å². The first-order valence-electron chi connectivity index (χ1n) is 2.39. The third kappa shape index (κ3) is 3.16. The van der Waals surface area contributed by atoms with E-state index in [2.05, 4.69) is 4.79 Å². The first kappa shape index (κ1) is 3.36. The Morgan fingerprint density at radius 2 is 2.86 bits per heavy atom. The summed E-state index contributed by atoms with van der Waals surface area (Å²) in [5.74, 6) is -3.54. The molecule has 0 N–H and O–H groups in total. The maximum absolute atomic E-state index is 10.2. The van der Waals surface area contributed by atoms with Gasteiger partial charge >= 0.3 is 6.21 Å². The van der Waals surface area contributed by atoms with Crippen LogP contribution < -0.4 is 0 Å². The van der Waals surface area contributed by atoms with Crippen LogP contribution in [-0.2, 0) is 4.79 Å². The Kier molecular flexibility index (Phi) is 1.69. The lowest BCUT2D eigenvalue weighted by atomic mass is 10.5. The van der Waals surface area contributed by atoms with Crippen molar-refractivity contribution in [3.63, 3.8) is 0 Å². The molecule has 0 rings (SSSR count). The Hall–Kier alpha value is -0.660. The van der Waals surface area contributed by atoms with Crippen LogP contribution in [0.2, 0.25) is 0 Å². The van der Waals surface area contributed by atoms with Gasteiger partial charge in [0.25, 0.3) is 5.78 Å². The zero-order valence-electron chi connectivity index (χ0n) is 5.26. The summed E-state index contributed by atoms with van der Waals surface area (Å²) in [6.07, 6.45) is 0.410. The van der Waals surface area contributed by atoms with E-state index in [1.54, 1.807) is 0 Å². The van der Waals surface area contributed by atoms with Crippen LogP contribution in [0.5, 0.6) is 0 Å². The van der Waals surface area contributed by atoms with Crippen molar-refractivity contribution in [1.29, 1.82) is 0 Å². The molecule has 0 aliphatic rings. The Labute approximate surface area is 48.3 Å². The topological polar surface area (TPSA) is 53.5 Å². The average Bonchev–Trinajstić information content (AvgIpc) is 1.64. The number of alkyl halides is 1. The van der Waals surface area contributed by atoms with Crippen molar-refractivity contribution in [2.75, 3.05) is 5.83 Å². The van der Waals surface area contributed by atoms with Crippen molar-refractivity contribution in [3.05, 3.63) is 5.53 Å². The molecule has 0 aromatic carbocycles. The van der Waals surface area contributed by atoms with Crippen LogP contribution in [0.4, 0.5) is 0 Å². The van der Waals surface area contributed by atoms with Gasteiger partial charge in [-0.1, -0.05) is 0 Å². The molecule has 38 valence electrons. The molecule has 0 aliphatic heterocycles. The molecule has 0 saturated heterocycles. The summed E-state index contributed by atoms with van der Waals surface area (Å²) in [6, 6.07) is 0. The van der Waals surface area contributed by atoms with Crippen LogP contribution in [0.25, 0.3) is 5.53 Å². The lowest BCUT2D eigenvalue weighted by molar-refractivity contribution is -0.113. The van der Waals surface area contributed by atoms with Gasteiger partial charge in [-0.05, 0) is 0 Å². The highest BCUT2D eigenvalue weighted by Crippen LogP contribution is 1.70. The van der Waals surface area contributed by atoms with Crippen LogP contribution in [0.3, 0.4) is 0 Å². The molecule has 0 bridgehead atoms. The molecule has 0 aromatic heterocycles. The number of halogens is 1. The molecule has 0 unspecified atom stereocenters. The van der Waals surface area contributed by atoms with Crippen LogP contribution in [-0.4, -0.2) is 22.6 Å². The number of carbonyl (C=O) groups is 1. The fourth-order valence-electron chi connectivity index (χ4n) is 0.0768. The SMILES string of the molecule is [2H]C([2H])(Cl)C(=O)C=[N+]=[N-]. The molecule has 0 spiro atoms. The quantitative estimate of drug-likeness (QED) is 0.221. The number of rotatable bonds is 2. The third-order valence-corrected chi connectivity index (χ3v) is 0.454. The van der Waals surface area contributed by atoms with Gasteiger partial charge in [0.1, 0.15) is 0 Å². The van der Waals surface area contributed by atoms with Gasteiger partial charge in [0.05, 0.1) is 8.57 Å². The van der Waals surface area contributed by atoms with Gasteiger partial charge in [-0.25, -0.2) is 0 Å². The van der Waals surface area contributed by atoms with Gasteiger partial charge in [0, 0.05) is 0 Å². The molecule has 4 heteroatoms. The Balaban J connectivity index is 4.22. The number of carbonyl (C=O) groups excluding carboxylic acids is 1. The Morgan fingerprint density at radius 1 is 2.29 bits per heavy atom. The first-order chi connectivity index (χ1) is 3.98. The summed E-state index contributed by atoms with van der Waals surface area (Å²) in [6.45, 7) is 0. The van der Waals surface area contributed by atoms with Crippen molar-refractivity contribution in [2.24, 2.45) is 0 Å². The zero-order valence-corrected chi connectivity index (χ0v) is 4.01. The standard InChI is InChI=1S/C3H3ClN2O/c4-1-3(7)2-6-5/h2H,1H2/i1D2. The van der Waals surface area contributed by atoms with Crippen molar-refractivity contribution >= 4 is 23.6 Å². The summed E-state index contributed by atoms with van der Waals surface area (Å²) in [5.41, 5.74) is 7.72. The number of nitrogens with zero attached hydrogens (tertiary/aromatic N) is 2. The fourth-order valence-corrected chi connectivity index (χ4v) is 0.126. The monoisotopic (exact) mass is 120 g/mol. The maximum Gasteiger partial charge on any atom is 0.324 e. The van der Waals surface area contributed by atoms with Gasteiger partial charge < -0.3 is 5.53 Å². The van der Waals surface area contributed by atoms with E-state index >= 15 is 0 Å². The van der Waals surface area contributed by atoms with E-state index in [0.29, 0.717) is 6.21 Å². The second kappa shape index (κ2) is 3.53. The minimum absolute atomic E-state index is 0.410. The van der Waals surface area contributed by atoms with Crippen LogP contribution in [0.1, 0.15) is 2.74 Å². The smallest absolute Gasteiger partial charge is 0.324 e. The highest BCUT2D eigenvalue weighted by molar-refractivity contribution is 6.40. The average molecular weight is 121 g/mol. The number of hydrogen-bond acceptors (Lipinski definition) is 1. The Bertz CT molecular complexity index is 169. The summed E-state index contributed by atoms with van der Waals surface area (Å²) >= 11 is 4.84. The van der Waals surface area contributed by atoms with E-state index in [0.717, 1.165) is 0 Å². The van der Waals surface area contributed by atoms with Gasteiger partial charge in [0.2, 0.25) is 0 Å². The maximum atomic E-state index is 10.2. The third-order valence-electron chi connectivity index (χ3n) is 0.268. The molecule has 0 amide bonds. The molecule has 0 heterocycles. The van der Waals surface area contributed by atoms with Crippen molar-refractivity contribution < 1.29 is 12.3 Å². The molecule has 0 fully saturated rings. The van der Waals surface area contributed by atoms with Crippen LogP contribution >= 0.6 is 11.6 Å². The van der Waals surface area contributed by atoms with E-state index < -0.39 is 11.6 Å². The normalized spacial score (nSPS) is 13.3. The zero-order chi connectivity index (χ0) is 7.49.